The van der Waals surface area contributed by atoms with Gasteiger partial charge in [0.05, 0.1) is 12.3 Å². The number of nitrogens with one attached hydrogen (secondary N) is 1. The van der Waals surface area contributed by atoms with Crippen LogP contribution in [-0.2, 0) is 4.74 Å². The van der Waals surface area contributed by atoms with Crippen molar-refractivity contribution in [1.29, 1.82) is 0 Å². The van der Waals surface area contributed by atoms with Crippen molar-refractivity contribution >= 4 is 17.4 Å². The quantitative estimate of drug-likeness (QED) is 0.827. The van der Waals surface area contributed by atoms with Crippen molar-refractivity contribution in [2.24, 2.45) is 0 Å². The minimum Gasteiger partial charge on any atom is -0.378 e. The van der Waals surface area contributed by atoms with Crippen LogP contribution in [0.4, 0.5) is 10.2 Å². The molecule has 0 aromatic carbocycles. The van der Waals surface area contributed by atoms with E-state index in [1.165, 1.54) is 0 Å². The summed E-state index contributed by atoms with van der Waals surface area (Å²) >= 11 is 5.59. The average Bonchev–Trinajstić information content (AvgIpc) is 2.20. The number of rotatable bonds is 4. The number of nitrogens with zero attached hydrogens (tertiary/aromatic N) is 2. The Morgan fingerprint density at radius 3 is 3.06 bits per heavy atom. The van der Waals surface area contributed by atoms with E-state index in [4.69, 9.17) is 16.3 Å². The number of hydrogen-bond acceptors (Lipinski definition) is 4. The van der Waals surface area contributed by atoms with Gasteiger partial charge in [-0.15, -0.1) is 0 Å². The highest BCUT2D eigenvalue weighted by molar-refractivity contribution is 6.28. The first kappa shape index (κ1) is 11.5. The van der Waals surface area contributed by atoms with Crippen LogP contribution in [0.15, 0.2) is 6.20 Å². The van der Waals surface area contributed by atoms with Gasteiger partial charge in [0.1, 0.15) is 0 Å². The zero-order valence-electron chi connectivity index (χ0n) is 8.91. The van der Waals surface area contributed by atoms with Gasteiger partial charge in [-0.05, 0) is 31.4 Å². The molecule has 0 atom stereocenters. The molecule has 0 radical (unpaired) electrons. The van der Waals surface area contributed by atoms with Gasteiger partial charge < -0.3 is 10.1 Å². The highest BCUT2D eigenvalue weighted by atomic mass is 35.5. The average molecular weight is 246 g/mol. The minimum absolute atomic E-state index is 0.0459. The second-order valence-electron chi connectivity index (χ2n) is 3.73. The summed E-state index contributed by atoms with van der Waals surface area (Å²) < 4.78 is 18.7. The maximum Gasteiger partial charge on any atom is 0.224 e. The Balaban J connectivity index is 1.89. The molecular formula is C10H13ClFN3O. The molecule has 0 bridgehead atoms. The van der Waals surface area contributed by atoms with Crippen molar-refractivity contribution in [3.05, 3.63) is 17.3 Å². The molecule has 1 aromatic heterocycles. The summed E-state index contributed by atoms with van der Waals surface area (Å²) in [5.74, 6) is -0.316. The lowest BCUT2D eigenvalue weighted by Gasteiger charge is -2.35. The van der Waals surface area contributed by atoms with Gasteiger partial charge in [-0.25, -0.2) is 9.37 Å². The van der Waals surface area contributed by atoms with Crippen molar-refractivity contribution in [3.63, 3.8) is 0 Å². The summed E-state index contributed by atoms with van der Waals surface area (Å²) in [6.07, 6.45) is 3.09. The fraction of sp³-hybridized carbons (Fsp3) is 0.600. The Morgan fingerprint density at radius 1 is 1.62 bits per heavy atom. The van der Waals surface area contributed by atoms with Crippen LogP contribution in [0.3, 0.4) is 0 Å². The van der Waals surface area contributed by atoms with Crippen LogP contribution >= 0.6 is 11.6 Å². The second-order valence-corrected chi connectivity index (χ2v) is 4.06. The van der Waals surface area contributed by atoms with Gasteiger partial charge in [-0.1, -0.05) is 0 Å². The number of hydrogen-bond donors (Lipinski definition) is 1. The van der Waals surface area contributed by atoms with E-state index in [1.54, 1.807) is 0 Å². The highest BCUT2D eigenvalue weighted by Crippen LogP contribution is 2.27. The van der Waals surface area contributed by atoms with Crippen molar-refractivity contribution in [1.82, 2.24) is 9.97 Å². The molecular weight excluding hydrogens is 233 g/mol. The fourth-order valence-electron chi connectivity index (χ4n) is 1.70. The van der Waals surface area contributed by atoms with Crippen molar-refractivity contribution in [2.75, 3.05) is 11.9 Å². The molecule has 16 heavy (non-hydrogen) atoms. The number of halogens is 2. The predicted octanol–water partition coefficient (Wildman–Crippen LogP) is 2.25. The van der Waals surface area contributed by atoms with E-state index in [0.717, 1.165) is 19.0 Å². The first-order chi connectivity index (χ1) is 7.69. The molecule has 1 fully saturated rings. The van der Waals surface area contributed by atoms with Crippen LogP contribution in [0, 0.1) is 5.82 Å². The van der Waals surface area contributed by atoms with Crippen LogP contribution in [0.1, 0.15) is 19.8 Å². The third-order valence-corrected chi connectivity index (χ3v) is 2.73. The highest BCUT2D eigenvalue weighted by Gasteiger charge is 2.30. The molecule has 1 N–H and O–H groups in total. The first-order valence-corrected chi connectivity index (χ1v) is 5.63. The van der Waals surface area contributed by atoms with E-state index in [9.17, 15) is 4.39 Å². The van der Waals surface area contributed by atoms with E-state index < -0.39 is 5.82 Å². The molecule has 6 heteroatoms. The lowest BCUT2D eigenvalue weighted by Crippen LogP contribution is -2.41. The maximum atomic E-state index is 13.3. The smallest absolute Gasteiger partial charge is 0.224 e. The fourth-order valence-corrected chi connectivity index (χ4v) is 1.83. The zero-order valence-corrected chi connectivity index (χ0v) is 9.67. The van der Waals surface area contributed by atoms with Gasteiger partial charge in [-0.3, -0.25) is 0 Å². The van der Waals surface area contributed by atoms with Gasteiger partial charge in [0, 0.05) is 12.6 Å². The van der Waals surface area contributed by atoms with Crippen LogP contribution in [-0.4, -0.2) is 28.7 Å². The first-order valence-electron chi connectivity index (χ1n) is 5.25. The standard InChI is InChI=1S/C10H13ClFN3O/c1-2-16-7-3-6(4-7)14-9-8(12)5-13-10(11)15-9/h5-7H,2-4H2,1H3,(H,13,14,15). The topological polar surface area (TPSA) is 47.0 Å². The minimum atomic E-state index is -0.482. The lowest BCUT2D eigenvalue weighted by atomic mass is 9.89. The molecule has 88 valence electrons. The van der Waals surface area contributed by atoms with E-state index >= 15 is 0 Å². The summed E-state index contributed by atoms with van der Waals surface area (Å²) in [5.41, 5.74) is 0. The molecule has 4 nitrogen and oxygen atoms in total. The molecule has 2 rings (SSSR count). The number of ether oxygens (including phenoxy) is 1. The molecule has 0 amide bonds. The maximum absolute atomic E-state index is 13.3. The predicted molar refractivity (Wildman–Crippen MR) is 59.1 cm³/mol. The SMILES string of the molecule is CCOC1CC(Nc2nc(Cl)ncc2F)C1. The van der Waals surface area contributed by atoms with E-state index in [-0.39, 0.29) is 23.2 Å². The molecule has 1 aliphatic rings. The molecule has 0 spiro atoms. The van der Waals surface area contributed by atoms with E-state index in [2.05, 4.69) is 15.3 Å². The Labute approximate surface area is 98.2 Å². The monoisotopic (exact) mass is 245 g/mol. The van der Waals surface area contributed by atoms with Crippen molar-refractivity contribution < 1.29 is 9.13 Å². The van der Waals surface area contributed by atoms with E-state index in [1.807, 2.05) is 6.92 Å². The van der Waals surface area contributed by atoms with Crippen LogP contribution < -0.4 is 5.32 Å². The number of aromatic nitrogens is 2. The van der Waals surface area contributed by atoms with E-state index in [0.29, 0.717) is 6.61 Å². The summed E-state index contributed by atoms with van der Waals surface area (Å²) in [6, 6.07) is 0.206. The molecule has 1 heterocycles. The van der Waals surface area contributed by atoms with Gasteiger partial charge in [0.15, 0.2) is 11.6 Å². The van der Waals surface area contributed by atoms with Gasteiger partial charge >= 0.3 is 0 Å². The molecule has 1 saturated carbocycles. The molecule has 1 aliphatic carbocycles. The van der Waals surface area contributed by atoms with Crippen molar-refractivity contribution in [2.45, 2.75) is 31.9 Å². The Kier molecular flexibility index (Phi) is 3.56. The summed E-state index contributed by atoms with van der Waals surface area (Å²) in [4.78, 5) is 7.34. The normalized spacial score (nSPS) is 23.9. The molecule has 1 aromatic rings. The van der Waals surface area contributed by atoms with Gasteiger partial charge in [-0.2, -0.15) is 4.98 Å². The van der Waals surface area contributed by atoms with Gasteiger partial charge in [0.25, 0.3) is 0 Å². The summed E-state index contributed by atoms with van der Waals surface area (Å²) in [5, 5.41) is 3.03. The molecule has 0 saturated heterocycles. The van der Waals surface area contributed by atoms with Crippen LogP contribution in [0.5, 0.6) is 0 Å². The van der Waals surface area contributed by atoms with Crippen LogP contribution in [0.25, 0.3) is 0 Å². The van der Waals surface area contributed by atoms with Crippen LogP contribution in [0.2, 0.25) is 5.28 Å². The molecule has 0 unspecified atom stereocenters. The Bertz CT molecular complexity index is 371. The Hall–Kier alpha value is -0.940. The summed E-state index contributed by atoms with van der Waals surface area (Å²) in [6.45, 7) is 2.68. The lowest BCUT2D eigenvalue weighted by molar-refractivity contribution is 0.00285. The molecule has 0 aliphatic heterocycles. The number of anilines is 1. The Morgan fingerprint density at radius 2 is 2.38 bits per heavy atom. The third kappa shape index (κ3) is 2.59. The second kappa shape index (κ2) is 4.93. The largest absolute Gasteiger partial charge is 0.378 e. The van der Waals surface area contributed by atoms with Gasteiger partial charge in [0.2, 0.25) is 5.28 Å². The van der Waals surface area contributed by atoms with Crippen molar-refractivity contribution in [3.8, 4) is 0 Å². The zero-order chi connectivity index (χ0) is 11.5. The third-order valence-electron chi connectivity index (χ3n) is 2.55. The summed E-state index contributed by atoms with van der Waals surface area (Å²) in [7, 11) is 0.